The molecule has 0 aliphatic heterocycles. The van der Waals surface area contributed by atoms with Crippen molar-refractivity contribution in [2.45, 2.75) is 0 Å². The summed E-state index contributed by atoms with van der Waals surface area (Å²) in [6.45, 7) is 1.45. The highest BCUT2D eigenvalue weighted by molar-refractivity contribution is 9.10. The first-order valence-corrected chi connectivity index (χ1v) is 5.13. The third-order valence-corrected chi connectivity index (χ3v) is 2.28. The van der Waals surface area contributed by atoms with Gasteiger partial charge in [-0.2, -0.15) is 0 Å². The van der Waals surface area contributed by atoms with Gasteiger partial charge in [0.15, 0.2) is 0 Å². The van der Waals surface area contributed by atoms with Crippen LogP contribution in [0, 0.1) is 0 Å². The van der Waals surface area contributed by atoms with Crippen LogP contribution < -0.4 is 10.1 Å². The molecule has 0 heterocycles. The average molecular weight is 260 g/mol. The lowest BCUT2D eigenvalue weighted by molar-refractivity contribution is 0.210. The number of hydrogen-bond donors (Lipinski definition) is 1. The lowest BCUT2D eigenvalue weighted by Crippen LogP contribution is -2.08. The second kappa shape index (κ2) is 5.88. The summed E-state index contributed by atoms with van der Waals surface area (Å²) in [6, 6.07) is 5.87. The van der Waals surface area contributed by atoms with Gasteiger partial charge in [0.05, 0.1) is 19.4 Å². The fourth-order valence-corrected chi connectivity index (χ4v) is 1.44. The first kappa shape index (κ1) is 11.3. The molecule has 0 radical (unpaired) electrons. The van der Waals surface area contributed by atoms with Crippen molar-refractivity contribution < 1.29 is 9.47 Å². The molecule has 0 bridgehead atoms. The number of halogens is 1. The lowest BCUT2D eigenvalue weighted by atomic mass is 10.3. The lowest BCUT2D eigenvalue weighted by Gasteiger charge is -2.10. The summed E-state index contributed by atoms with van der Waals surface area (Å²) in [6.07, 6.45) is 0. The zero-order chi connectivity index (χ0) is 10.4. The minimum Gasteiger partial charge on any atom is -0.495 e. The number of hydrogen-bond acceptors (Lipinski definition) is 3. The Morgan fingerprint density at radius 3 is 2.79 bits per heavy atom. The molecule has 0 unspecified atom stereocenters. The summed E-state index contributed by atoms with van der Waals surface area (Å²) < 4.78 is 11.2. The molecule has 0 atom stereocenters. The van der Waals surface area contributed by atoms with Gasteiger partial charge >= 0.3 is 0 Å². The van der Waals surface area contributed by atoms with E-state index in [4.69, 9.17) is 9.47 Å². The van der Waals surface area contributed by atoms with E-state index in [1.165, 1.54) is 0 Å². The minimum absolute atomic E-state index is 0.680. The maximum absolute atomic E-state index is 5.22. The molecule has 14 heavy (non-hydrogen) atoms. The van der Waals surface area contributed by atoms with E-state index < -0.39 is 0 Å². The van der Waals surface area contributed by atoms with Crippen molar-refractivity contribution >= 4 is 21.6 Å². The van der Waals surface area contributed by atoms with Crippen molar-refractivity contribution in [3.63, 3.8) is 0 Å². The second-order valence-corrected chi connectivity index (χ2v) is 3.68. The maximum Gasteiger partial charge on any atom is 0.143 e. The number of rotatable bonds is 5. The smallest absolute Gasteiger partial charge is 0.143 e. The Hall–Kier alpha value is -0.740. The Bertz CT molecular complexity index is 291. The van der Waals surface area contributed by atoms with Crippen LogP contribution in [0.3, 0.4) is 0 Å². The zero-order valence-electron chi connectivity index (χ0n) is 8.34. The average Bonchev–Trinajstić information content (AvgIpc) is 2.20. The van der Waals surface area contributed by atoms with Gasteiger partial charge in [-0.15, -0.1) is 0 Å². The summed E-state index contributed by atoms with van der Waals surface area (Å²) >= 11 is 3.39. The largest absolute Gasteiger partial charge is 0.495 e. The quantitative estimate of drug-likeness (QED) is 0.825. The normalized spacial score (nSPS) is 9.93. The third-order valence-electron chi connectivity index (χ3n) is 1.79. The van der Waals surface area contributed by atoms with Gasteiger partial charge in [-0.1, -0.05) is 15.9 Å². The van der Waals surface area contributed by atoms with Crippen LogP contribution >= 0.6 is 15.9 Å². The van der Waals surface area contributed by atoms with Gasteiger partial charge < -0.3 is 14.8 Å². The van der Waals surface area contributed by atoms with E-state index in [0.29, 0.717) is 6.61 Å². The van der Waals surface area contributed by atoms with Crippen molar-refractivity contribution in [1.82, 2.24) is 0 Å². The number of ether oxygens (including phenoxy) is 2. The Morgan fingerprint density at radius 2 is 2.14 bits per heavy atom. The zero-order valence-corrected chi connectivity index (χ0v) is 9.93. The summed E-state index contributed by atoms with van der Waals surface area (Å²) in [4.78, 5) is 0. The highest BCUT2D eigenvalue weighted by Gasteiger charge is 2.01. The minimum atomic E-state index is 0.680. The highest BCUT2D eigenvalue weighted by atomic mass is 79.9. The molecule has 0 saturated carbocycles. The molecular formula is C10H14BrNO2. The molecule has 1 N–H and O–H groups in total. The first-order valence-electron chi connectivity index (χ1n) is 4.34. The number of anilines is 1. The molecule has 1 aromatic rings. The van der Waals surface area contributed by atoms with Gasteiger partial charge in [0.1, 0.15) is 5.75 Å². The Kier molecular flexibility index (Phi) is 4.76. The standard InChI is InChI=1S/C10H14BrNO2/c1-13-6-5-12-9-4-3-8(11)7-10(9)14-2/h3-4,7,12H,5-6H2,1-2H3. The van der Waals surface area contributed by atoms with Crippen LogP contribution in [0.5, 0.6) is 5.75 Å². The van der Waals surface area contributed by atoms with Gasteiger partial charge in [0.25, 0.3) is 0 Å². The molecule has 1 aromatic carbocycles. The molecule has 0 amide bonds. The second-order valence-electron chi connectivity index (χ2n) is 2.76. The van der Waals surface area contributed by atoms with E-state index in [9.17, 15) is 0 Å². The van der Waals surface area contributed by atoms with Gasteiger partial charge in [-0.25, -0.2) is 0 Å². The van der Waals surface area contributed by atoms with E-state index in [-0.39, 0.29) is 0 Å². The van der Waals surface area contributed by atoms with E-state index in [0.717, 1.165) is 22.5 Å². The van der Waals surface area contributed by atoms with Crippen LogP contribution in [-0.4, -0.2) is 27.4 Å². The van der Waals surface area contributed by atoms with Crippen LogP contribution in [0.25, 0.3) is 0 Å². The fourth-order valence-electron chi connectivity index (χ4n) is 1.10. The molecule has 1 rings (SSSR count). The van der Waals surface area contributed by atoms with Gasteiger partial charge in [-0.05, 0) is 18.2 Å². The molecule has 4 heteroatoms. The van der Waals surface area contributed by atoms with E-state index >= 15 is 0 Å². The summed E-state index contributed by atoms with van der Waals surface area (Å²) in [5.41, 5.74) is 0.979. The van der Waals surface area contributed by atoms with Crippen LogP contribution in [-0.2, 0) is 4.74 Å². The molecule has 3 nitrogen and oxygen atoms in total. The summed E-state index contributed by atoms with van der Waals surface area (Å²) in [5, 5.41) is 3.22. The van der Waals surface area contributed by atoms with Gasteiger partial charge in [-0.3, -0.25) is 0 Å². The maximum atomic E-state index is 5.22. The predicted molar refractivity (Wildman–Crippen MR) is 61.1 cm³/mol. The number of nitrogens with one attached hydrogen (secondary N) is 1. The Labute approximate surface area is 92.5 Å². The number of methoxy groups -OCH3 is 2. The molecule has 78 valence electrons. The topological polar surface area (TPSA) is 30.5 Å². The van der Waals surface area contributed by atoms with Crippen molar-refractivity contribution in [1.29, 1.82) is 0 Å². The van der Waals surface area contributed by atoms with E-state index in [1.807, 2.05) is 18.2 Å². The molecule has 0 aromatic heterocycles. The predicted octanol–water partition coefficient (Wildman–Crippen LogP) is 2.52. The van der Waals surface area contributed by atoms with Crippen LogP contribution in [0.4, 0.5) is 5.69 Å². The van der Waals surface area contributed by atoms with Crippen LogP contribution in [0.2, 0.25) is 0 Å². The number of benzene rings is 1. The third kappa shape index (κ3) is 3.20. The molecule has 0 fully saturated rings. The fraction of sp³-hybridized carbons (Fsp3) is 0.400. The van der Waals surface area contributed by atoms with E-state index in [1.54, 1.807) is 14.2 Å². The van der Waals surface area contributed by atoms with Crippen LogP contribution in [0.15, 0.2) is 22.7 Å². The molecule has 0 aliphatic carbocycles. The Morgan fingerprint density at radius 1 is 1.36 bits per heavy atom. The monoisotopic (exact) mass is 259 g/mol. The summed E-state index contributed by atoms with van der Waals surface area (Å²) in [7, 11) is 3.34. The van der Waals surface area contributed by atoms with Crippen molar-refractivity contribution in [2.24, 2.45) is 0 Å². The summed E-state index contributed by atoms with van der Waals surface area (Å²) in [5.74, 6) is 0.829. The van der Waals surface area contributed by atoms with Gasteiger partial charge in [0, 0.05) is 18.1 Å². The molecule has 0 aliphatic rings. The van der Waals surface area contributed by atoms with Crippen LogP contribution in [0.1, 0.15) is 0 Å². The molecule has 0 spiro atoms. The first-order chi connectivity index (χ1) is 6.77. The van der Waals surface area contributed by atoms with Crippen molar-refractivity contribution in [3.05, 3.63) is 22.7 Å². The molecule has 0 saturated heterocycles. The highest BCUT2D eigenvalue weighted by Crippen LogP contribution is 2.27. The Balaban J connectivity index is 2.65. The van der Waals surface area contributed by atoms with Crippen molar-refractivity contribution in [3.8, 4) is 5.75 Å². The van der Waals surface area contributed by atoms with E-state index in [2.05, 4.69) is 21.2 Å². The SMILES string of the molecule is COCCNc1ccc(Br)cc1OC. The van der Waals surface area contributed by atoms with Crippen molar-refractivity contribution in [2.75, 3.05) is 32.7 Å². The van der Waals surface area contributed by atoms with Gasteiger partial charge in [0.2, 0.25) is 0 Å². The molecular weight excluding hydrogens is 246 g/mol.